The van der Waals surface area contributed by atoms with Crippen molar-refractivity contribution >= 4 is 21.7 Å². The van der Waals surface area contributed by atoms with Gasteiger partial charge in [0.1, 0.15) is 21.6 Å². The van der Waals surface area contributed by atoms with E-state index in [0.717, 1.165) is 0 Å². The van der Waals surface area contributed by atoms with Crippen molar-refractivity contribution in [1.82, 2.24) is 0 Å². The minimum absolute atomic E-state index is 0.313. The van der Waals surface area contributed by atoms with Gasteiger partial charge >= 0.3 is 0 Å². The molecule has 0 amide bonds. The smallest absolute Gasteiger partial charge is 0.197 e. The molecule has 0 aliphatic heterocycles. The third-order valence-corrected chi connectivity index (χ3v) is 3.04. The van der Waals surface area contributed by atoms with Crippen LogP contribution in [0.15, 0.2) is 16.6 Å². The van der Waals surface area contributed by atoms with E-state index in [1.165, 1.54) is 28.1 Å². The Kier molecular flexibility index (Phi) is 4.16. The molecular formula is C12H15BrO4. The number of benzene rings is 1. The molecule has 0 heterocycles. The highest BCUT2D eigenvalue weighted by Gasteiger charge is 2.29. The van der Waals surface area contributed by atoms with E-state index in [1.54, 1.807) is 12.1 Å². The molecule has 1 N–H and O–H groups in total. The van der Waals surface area contributed by atoms with E-state index in [1.807, 2.05) is 0 Å². The summed E-state index contributed by atoms with van der Waals surface area (Å²) in [4.78, 5) is 12.0. The molecule has 0 aliphatic carbocycles. The molecule has 0 spiro atoms. The zero-order chi connectivity index (χ0) is 13.2. The number of ketones is 1. The van der Waals surface area contributed by atoms with E-state index in [2.05, 4.69) is 15.9 Å². The van der Waals surface area contributed by atoms with Gasteiger partial charge in [-0.15, -0.1) is 0 Å². The molecular weight excluding hydrogens is 288 g/mol. The summed E-state index contributed by atoms with van der Waals surface area (Å²) >= 11 is 3.30. The van der Waals surface area contributed by atoms with Crippen LogP contribution in [0, 0.1) is 0 Å². The third kappa shape index (κ3) is 2.79. The number of Topliss-reactive ketones (excluding diaryl/α,β-unsaturated/α-hetero) is 1. The second-order valence-electron chi connectivity index (χ2n) is 4.05. The second-order valence-corrected chi connectivity index (χ2v) is 4.84. The Bertz CT molecular complexity index is 435. The van der Waals surface area contributed by atoms with Crippen molar-refractivity contribution < 1.29 is 19.4 Å². The highest BCUT2D eigenvalue weighted by molar-refractivity contribution is 9.10. The van der Waals surface area contributed by atoms with Crippen LogP contribution in [0.2, 0.25) is 0 Å². The Hall–Kier alpha value is -1.07. The molecule has 0 aliphatic rings. The van der Waals surface area contributed by atoms with Gasteiger partial charge in [0.05, 0.1) is 19.8 Å². The summed E-state index contributed by atoms with van der Waals surface area (Å²) in [5.41, 5.74) is -1.13. The van der Waals surface area contributed by atoms with Gasteiger partial charge in [0.25, 0.3) is 0 Å². The van der Waals surface area contributed by atoms with Gasteiger partial charge in [-0.05, 0) is 41.9 Å². The zero-order valence-corrected chi connectivity index (χ0v) is 11.8. The third-order valence-electron chi connectivity index (χ3n) is 2.29. The molecule has 0 saturated heterocycles. The van der Waals surface area contributed by atoms with Crippen molar-refractivity contribution in [3.63, 3.8) is 0 Å². The number of carbonyl (C=O) groups excluding carboxylic acids is 1. The SMILES string of the molecule is COc1ccc(C(=O)C(C)(C)O)c(OC)c1Br. The average Bonchev–Trinajstić information content (AvgIpc) is 2.26. The highest BCUT2D eigenvalue weighted by Crippen LogP contribution is 2.38. The molecule has 0 saturated carbocycles. The number of hydrogen-bond acceptors (Lipinski definition) is 4. The lowest BCUT2D eigenvalue weighted by Crippen LogP contribution is -2.31. The zero-order valence-electron chi connectivity index (χ0n) is 10.2. The number of halogens is 1. The summed E-state index contributed by atoms with van der Waals surface area (Å²) in [5.74, 6) is 0.517. The van der Waals surface area contributed by atoms with Crippen LogP contribution in [0.25, 0.3) is 0 Å². The summed E-state index contributed by atoms with van der Waals surface area (Å²) in [6.07, 6.45) is 0. The average molecular weight is 303 g/mol. The van der Waals surface area contributed by atoms with Crippen molar-refractivity contribution in [2.45, 2.75) is 19.4 Å². The van der Waals surface area contributed by atoms with Gasteiger partial charge in [0.2, 0.25) is 0 Å². The molecule has 0 bridgehead atoms. The highest BCUT2D eigenvalue weighted by atomic mass is 79.9. The maximum absolute atomic E-state index is 12.0. The van der Waals surface area contributed by atoms with E-state index in [0.29, 0.717) is 21.5 Å². The minimum Gasteiger partial charge on any atom is -0.495 e. The van der Waals surface area contributed by atoms with Crippen LogP contribution < -0.4 is 9.47 Å². The fourth-order valence-corrected chi connectivity index (χ4v) is 2.07. The first kappa shape index (κ1) is 14.0. The van der Waals surface area contributed by atoms with Gasteiger partial charge in [-0.25, -0.2) is 0 Å². The van der Waals surface area contributed by atoms with E-state index >= 15 is 0 Å². The first-order chi connectivity index (χ1) is 7.82. The van der Waals surface area contributed by atoms with E-state index in [9.17, 15) is 9.90 Å². The maximum atomic E-state index is 12.0. The van der Waals surface area contributed by atoms with Gasteiger partial charge in [-0.2, -0.15) is 0 Å². The molecule has 1 aromatic rings. The fourth-order valence-electron chi connectivity index (χ4n) is 1.40. The molecule has 0 aromatic heterocycles. The van der Waals surface area contributed by atoms with Crippen molar-refractivity contribution in [3.8, 4) is 11.5 Å². The van der Waals surface area contributed by atoms with Crippen molar-refractivity contribution in [2.24, 2.45) is 0 Å². The Balaban J connectivity index is 3.36. The molecule has 0 atom stereocenters. The molecule has 5 heteroatoms. The van der Waals surface area contributed by atoms with E-state index < -0.39 is 11.4 Å². The van der Waals surface area contributed by atoms with Gasteiger partial charge in [0, 0.05) is 0 Å². The standard InChI is InChI=1S/C12H15BrO4/c1-12(2,15)11(14)7-5-6-8(16-3)9(13)10(7)17-4/h5-6,15H,1-4H3. The Morgan fingerprint density at radius 3 is 2.29 bits per heavy atom. The predicted octanol–water partition coefficient (Wildman–Crippen LogP) is 2.42. The van der Waals surface area contributed by atoms with Gasteiger partial charge in [0.15, 0.2) is 5.78 Å². The first-order valence-corrected chi connectivity index (χ1v) is 5.80. The van der Waals surface area contributed by atoms with E-state index in [-0.39, 0.29) is 0 Å². The molecule has 94 valence electrons. The molecule has 0 fully saturated rings. The lowest BCUT2D eigenvalue weighted by atomic mass is 9.96. The summed E-state index contributed by atoms with van der Waals surface area (Å²) in [6.45, 7) is 2.87. The quantitative estimate of drug-likeness (QED) is 0.868. The second kappa shape index (κ2) is 5.06. The lowest BCUT2D eigenvalue weighted by molar-refractivity contribution is 0.0484. The Morgan fingerprint density at radius 2 is 1.88 bits per heavy atom. The Morgan fingerprint density at radius 1 is 1.29 bits per heavy atom. The summed E-state index contributed by atoms with van der Waals surface area (Å²) in [7, 11) is 2.98. The van der Waals surface area contributed by atoms with Crippen molar-refractivity contribution in [3.05, 3.63) is 22.2 Å². The normalized spacial score (nSPS) is 11.2. The topological polar surface area (TPSA) is 55.8 Å². The lowest BCUT2D eigenvalue weighted by Gasteiger charge is -2.19. The van der Waals surface area contributed by atoms with Crippen LogP contribution in [0.5, 0.6) is 11.5 Å². The monoisotopic (exact) mass is 302 g/mol. The van der Waals surface area contributed by atoms with E-state index in [4.69, 9.17) is 9.47 Å². The van der Waals surface area contributed by atoms with Crippen molar-refractivity contribution in [1.29, 1.82) is 0 Å². The largest absolute Gasteiger partial charge is 0.495 e. The fraction of sp³-hybridized carbons (Fsp3) is 0.417. The molecule has 17 heavy (non-hydrogen) atoms. The van der Waals surface area contributed by atoms with Gasteiger partial charge < -0.3 is 14.6 Å². The van der Waals surface area contributed by atoms with Crippen molar-refractivity contribution in [2.75, 3.05) is 14.2 Å². The van der Waals surface area contributed by atoms with Gasteiger partial charge in [-0.3, -0.25) is 4.79 Å². The van der Waals surface area contributed by atoms with Crippen LogP contribution in [-0.4, -0.2) is 30.7 Å². The summed E-state index contributed by atoms with van der Waals surface area (Å²) < 4.78 is 10.8. The number of methoxy groups -OCH3 is 2. The number of rotatable bonds is 4. The van der Waals surface area contributed by atoms with Crippen LogP contribution in [0.4, 0.5) is 0 Å². The van der Waals surface area contributed by atoms with Crippen LogP contribution >= 0.6 is 15.9 Å². The molecule has 0 unspecified atom stereocenters. The number of hydrogen-bond donors (Lipinski definition) is 1. The number of ether oxygens (including phenoxy) is 2. The first-order valence-electron chi connectivity index (χ1n) is 5.00. The van der Waals surface area contributed by atoms with Crippen LogP contribution in [0.1, 0.15) is 24.2 Å². The summed E-state index contributed by atoms with van der Waals surface area (Å²) in [6, 6.07) is 3.22. The summed E-state index contributed by atoms with van der Waals surface area (Å²) in [5, 5.41) is 9.73. The molecule has 1 aromatic carbocycles. The minimum atomic E-state index is -1.44. The maximum Gasteiger partial charge on any atom is 0.197 e. The van der Waals surface area contributed by atoms with Crippen LogP contribution in [-0.2, 0) is 0 Å². The Labute approximate surface area is 109 Å². The number of aliphatic hydroxyl groups is 1. The molecule has 1 rings (SSSR count). The van der Waals surface area contributed by atoms with Crippen LogP contribution in [0.3, 0.4) is 0 Å². The molecule has 4 nitrogen and oxygen atoms in total. The molecule has 0 radical (unpaired) electrons. The predicted molar refractivity (Wildman–Crippen MR) is 67.9 cm³/mol. The van der Waals surface area contributed by atoms with Gasteiger partial charge in [-0.1, -0.05) is 0 Å². The number of carbonyl (C=O) groups is 1.